The Kier molecular flexibility index (Phi) is 3.27. The van der Waals surface area contributed by atoms with Crippen molar-refractivity contribution in [2.45, 2.75) is 0 Å². The molecule has 29 heavy (non-hydrogen) atoms. The van der Waals surface area contributed by atoms with Gasteiger partial charge in [0.05, 0.1) is 29.6 Å². The van der Waals surface area contributed by atoms with Crippen molar-refractivity contribution >= 4 is 22.1 Å². The van der Waals surface area contributed by atoms with E-state index in [1.165, 1.54) is 6.33 Å². The molecule has 0 unspecified atom stereocenters. The van der Waals surface area contributed by atoms with Crippen molar-refractivity contribution in [3.05, 3.63) is 62.0 Å². The standard InChI is InChI=1S/C20H12N8O/c1-2-29-9-11(1)15-7-21-8-16-17(15)26-20(25-16)18-14-3-12(6-24-19(14)28-27-18)13-4-22-10-23-5-13/h1-10H,(H,25,26)(H,24,27,28). The molecule has 6 aromatic heterocycles. The third kappa shape index (κ3) is 2.48. The molecule has 0 saturated heterocycles. The number of pyridine rings is 2. The second kappa shape index (κ2) is 6.06. The molecule has 6 heterocycles. The summed E-state index contributed by atoms with van der Waals surface area (Å²) < 4.78 is 5.21. The van der Waals surface area contributed by atoms with Gasteiger partial charge in [-0.25, -0.2) is 19.9 Å². The Bertz CT molecular complexity index is 1450. The second-order valence-corrected chi connectivity index (χ2v) is 6.50. The first-order valence-corrected chi connectivity index (χ1v) is 8.83. The van der Waals surface area contributed by atoms with Crippen LogP contribution >= 0.6 is 0 Å². The van der Waals surface area contributed by atoms with E-state index in [2.05, 4.69) is 35.1 Å². The maximum Gasteiger partial charge on any atom is 0.181 e. The molecule has 138 valence electrons. The zero-order valence-electron chi connectivity index (χ0n) is 14.9. The molecule has 0 aliphatic carbocycles. The molecule has 0 spiro atoms. The molecule has 0 aromatic carbocycles. The van der Waals surface area contributed by atoms with Gasteiger partial charge in [-0.05, 0) is 12.1 Å². The average molecular weight is 380 g/mol. The van der Waals surface area contributed by atoms with Gasteiger partial charge in [-0.3, -0.25) is 10.1 Å². The predicted octanol–water partition coefficient (Wildman–Crippen LogP) is 3.61. The van der Waals surface area contributed by atoms with Gasteiger partial charge in [-0.1, -0.05) is 0 Å². The summed E-state index contributed by atoms with van der Waals surface area (Å²) in [5.74, 6) is 0.656. The molecule has 0 fully saturated rings. The van der Waals surface area contributed by atoms with Crippen molar-refractivity contribution < 1.29 is 4.42 Å². The highest BCUT2D eigenvalue weighted by Gasteiger charge is 2.16. The maximum absolute atomic E-state index is 5.21. The molecule has 0 bridgehead atoms. The van der Waals surface area contributed by atoms with Crippen LogP contribution in [0.3, 0.4) is 0 Å². The molecule has 0 amide bonds. The van der Waals surface area contributed by atoms with Crippen LogP contribution < -0.4 is 0 Å². The Hall–Kier alpha value is -4.40. The van der Waals surface area contributed by atoms with Crippen molar-refractivity contribution in [2.24, 2.45) is 0 Å². The number of aromatic nitrogens is 8. The zero-order chi connectivity index (χ0) is 19.2. The van der Waals surface area contributed by atoms with Crippen molar-refractivity contribution in [1.82, 2.24) is 40.1 Å². The normalized spacial score (nSPS) is 11.4. The van der Waals surface area contributed by atoms with Crippen LogP contribution in [0.4, 0.5) is 0 Å². The van der Waals surface area contributed by atoms with Crippen LogP contribution in [0, 0.1) is 0 Å². The molecule has 0 atom stereocenters. The fraction of sp³-hybridized carbons (Fsp3) is 0. The van der Waals surface area contributed by atoms with E-state index in [9.17, 15) is 0 Å². The molecular formula is C20H12N8O. The van der Waals surface area contributed by atoms with Crippen LogP contribution in [-0.4, -0.2) is 40.1 Å². The Labute approximate surface area is 162 Å². The Balaban J connectivity index is 1.53. The largest absolute Gasteiger partial charge is 0.472 e. The number of hydrogen-bond acceptors (Lipinski definition) is 7. The van der Waals surface area contributed by atoms with Gasteiger partial charge in [0.1, 0.15) is 17.5 Å². The third-order valence-corrected chi connectivity index (χ3v) is 4.77. The number of aromatic amines is 2. The molecule has 0 radical (unpaired) electrons. The van der Waals surface area contributed by atoms with Crippen molar-refractivity contribution in [3.63, 3.8) is 0 Å². The van der Waals surface area contributed by atoms with Crippen molar-refractivity contribution in [2.75, 3.05) is 0 Å². The summed E-state index contributed by atoms with van der Waals surface area (Å²) >= 11 is 0. The van der Waals surface area contributed by atoms with Gasteiger partial charge in [0.25, 0.3) is 0 Å². The average Bonchev–Trinajstić information content (AvgIpc) is 3.52. The van der Waals surface area contributed by atoms with Crippen LogP contribution in [-0.2, 0) is 0 Å². The first kappa shape index (κ1) is 15.6. The Morgan fingerprint density at radius 1 is 0.897 bits per heavy atom. The van der Waals surface area contributed by atoms with Gasteiger partial charge in [0.15, 0.2) is 11.5 Å². The number of imidazole rings is 1. The molecule has 0 aliphatic heterocycles. The lowest BCUT2D eigenvalue weighted by Gasteiger charge is -2.00. The van der Waals surface area contributed by atoms with Gasteiger partial charge in [-0.2, -0.15) is 5.10 Å². The number of nitrogens with zero attached hydrogens (tertiary/aromatic N) is 6. The van der Waals surface area contributed by atoms with Gasteiger partial charge in [0, 0.05) is 47.0 Å². The van der Waals surface area contributed by atoms with Gasteiger partial charge >= 0.3 is 0 Å². The lowest BCUT2D eigenvalue weighted by Crippen LogP contribution is -1.85. The van der Waals surface area contributed by atoms with Crippen LogP contribution in [0.2, 0.25) is 0 Å². The van der Waals surface area contributed by atoms with E-state index < -0.39 is 0 Å². The highest BCUT2D eigenvalue weighted by atomic mass is 16.3. The van der Waals surface area contributed by atoms with Gasteiger partial charge < -0.3 is 9.40 Å². The molecule has 6 rings (SSSR count). The van der Waals surface area contributed by atoms with Crippen LogP contribution in [0.1, 0.15) is 0 Å². The minimum absolute atomic E-state index is 0.606. The van der Waals surface area contributed by atoms with E-state index in [1.807, 2.05) is 12.1 Å². The first-order valence-electron chi connectivity index (χ1n) is 8.83. The number of fused-ring (bicyclic) bond motifs is 2. The van der Waals surface area contributed by atoms with E-state index in [1.54, 1.807) is 43.5 Å². The highest BCUT2D eigenvalue weighted by Crippen LogP contribution is 2.31. The molecule has 0 saturated carbocycles. The molecule has 9 heteroatoms. The SMILES string of the molecule is c1ncc(-c2cnc3n[nH]c(-c4nc5c(-c6ccoc6)cncc5[nH]4)c3c2)cn1. The van der Waals surface area contributed by atoms with Gasteiger partial charge in [0.2, 0.25) is 0 Å². The molecule has 9 nitrogen and oxygen atoms in total. The van der Waals surface area contributed by atoms with E-state index in [4.69, 9.17) is 9.40 Å². The minimum atomic E-state index is 0.606. The lowest BCUT2D eigenvalue weighted by molar-refractivity contribution is 0.568. The van der Waals surface area contributed by atoms with E-state index in [-0.39, 0.29) is 0 Å². The summed E-state index contributed by atoms with van der Waals surface area (Å²) in [5.41, 5.74) is 6.57. The minimum Gasteiger partial charge on any atom is -0.472 e. The quantitative estimate of drug-likeness (QED) is 0.481. The summed E-state index contributed by atoms with van der Waals surface area (Å²) in [6.45, 7) is 0. The number of hydrogen-bond donors (Lipinski definition) is 2. The smallest absolute Gasteiger partial charge is 0.181 e. The topological polar surface area (TPSA) is 122 Å². The van der Waals surface area contributed by atoms with E-state index in [0.717, 1.165) is 44.4 Å². The summed E-state index contributed by atoms with van der Waals surface area (Å²) in [5, 5.41) is 8.21. The summed E-state index contributed by atoms with van der Waals surface area (Å²) in [4.78, 5) is 25.0. The van der Waals surface area contributed by atoms with Crippen molar-refractivity contribution in [3.8, 4) is 33.8 Å². The maximum atomic E-state index is 5.21. The Morgan fingerprint density at radius 2 is 1.83 bits per heavy atom. The van der Waals surface area contributed by atoms with Crippen LogP contribution in [0.25, 0.3) is 55.8 Å². The Morgan fingerprint density at radius 3 is 2.69 bits per heavy atom. The summed E-state index contributed by atoms with van der Waals surface area (Å²) in [7, 11) is 0. The zero-order valence-corrected chi connectivity index (χ0v) is 14.9. The fourth-order valence-corrected chi connectivity index (χ4v) is 3.37. The summed E-state index contributed by atoms with van der Waals surface area (Å²) in [6.07, 6.45) is 13.6. The monoisotopic (exact) mass is 380 g/mol. The van der Waals surface area contributed by atoms with Gasteiger partial charge in [-0.15, -0.1) is 0 Å². The summed E-state index contributed by atoms with van der Waals surface area (Å²) in [6, 6.07) is 3.89. The molecular weight excluding hydrogens is 368 g/mol. The highest BCUT2D eigenvalue weighted by molar-refractivity contribution is 5.96. The third-order valence-electron chi connectivity index (χ3n) is 4.77. The number of nitrogens with one attached hydrogen (secondary N) is 2. The van der Waals surface area contributed by atoms with Crippen LogP contribution in [0.5, 0.6) is 0 Å². The van der Waals surface area contributed by atoms with E-state index >= 15 is 0 Å². The first-order chi connectivity index (χ1) is 14.4. The second-order valence-electron chi connectivity index (χ2n) is 6.50. The number of H-pyrrole nitrogens is 2. The number of rotatable bonds is 3. The molecule has 6 aromatic rings. The lowest BCUT2D eigenvalue weighted by atomic mass is 10.1. The fourth-order valence-electron chi connectivity index (χ4n) is 3.37. The molecule has 0 aliphatic rings. The van der Waals surface area contributed by atoms with Crippen molar-refractivity contribution in [1.29, 1.82) is 0 Å². The van der Waals surface area contributed by atoms with E-state index in [0.29, 0.717) is 11.5 Å². The van der Waals surface area contributed by atoms with Crippen LogP contribution in [0.15, 0.2) is 66.4 Å². The molecule has 2 N–H and O–H groups in total. The predicted molar refractivity (Wildman–Crippen MR) is 105 cm³/mol. The number of furan rings is 1.